The van der Waals surface area contributed by atoms with Crippen molar-refractivity contribution in [1.82, 2.24) is 18.8 Å². The normalized spacial score (nSPS) is 21.5. The van der Waals surface area contributed by atoms with Gasteiger partial charge < -0.3 is 18.9 Å². The van der Waals surface area contributed by atoms with E-state index in [9.17, 15) is 18.0 Å². The first-order valence-corrected chi connectivity index (χ1v) is 10.9. The Balaban J connectivity index is 1.68. The fourth-order valence-electron chi connectivity index (χ4n) is 3.44. The lowest BCUT2D eigenvalue weighted by molar-refractivity contribution is -0.156. The van der Waals surface area contributed by atoms with Crippen molar-refractivity contribution in [3.05, 3.63) is 12.5 Å². The van der Waals surface area contributed by atoms with Crippen LogP contribution in [-0.2, 0) is 35.6 Å². The number of likely N-dealkylation sites (tertiary alicyclic amines) is 1. The van der Waals surface area contributed by atoms with Crippen molar-refractivity contribution in [1.29, 1.82) is 0 Å². The van der Waals surface area contributed by atoms with Crippen molar-refractivity contribution in [3.63, 3.8) is 0 Å². The quantitative estimate of drug-likeness (QED) is 0.595. The number of nitrogens with zero attached hydrogens (tertiary/aromatic N) is 4. The summed E-state index contributed by atoms with van der Waals surface area (Å²) >= 11 is 0. The molecule has 0 aromatic carbocycles. The minimum atomic E-state index is -3.71. The lowest BCUT2D eigenvalue weighted by Gasteiger charge is -2.34. The van der Waals surface area contributed by atoms with Crippen LogP contribution in [0.5, 0.6) is 0 Å². The first-order chi connectivity index (χ1) is 13.4. The molecule has 2 saturated heterocycles. The summed E-state index contributed by atoms with van der Waals surface area (Å²) in [7, 11) is -3.71. The van der Waals surface area contributed by atoms with E-state index in [1.165, 1.54) is 26.3 Å². The van der Waals surface area contributed by atoms with E-state index in [-0.39, 0.29) is 37.2 Å². The number of carbonyl (C=O) groups excluding carboxylic acids is 2. The van der Waals surface area contributed by atoms with Crippen molar-refractivity contribution in [2.24, 2.45) is 0 Å². The van der Waals surface area contributed by atoms with Gasteiger partial charge in [-0.3, -0.25) is 4.79 Å². The number of carbonyl (C=O) groups is 2. The SMILES string of the molecule is CCOC(=O)C1CCCCN1C(=O)Cn1cnc(S(=O)(=O)N2CCOCC2)c1. The van der Waals surface area contributed by atoms with Gasteiger partial charge in [-0.2, -0.15) is 4.31 Å². The maximum Gasteiger partial charge on any atom is 0.328 e. The molecule has 0 spiro atoms. The Morgan fingerprint density at radius 1 is 1.25 bits per heavy atom. The van der Waals surface area contributed by atoms with Gasteiger partial charge >= 0.3 is 5.97 Å². The number of ether oxygens (including phenoxy) is 2. The van der Waals surface area contributed by atoms with Crippen LogP contribution >= 0.6 is 0 Å². The van der Waals surface area contributed by atoms with Gasteiger partial charge in [-0.15, -0.1) is 0 Å². The summed E-state index contributed by atoms with van der Waals surface area (Å²) in [5.74, 6) is -0.651. The number of esters is 1. The highest BCUT2D eigenvalue weighted by Crippen LogP contribution is 2.20. The van der Waals surface area contributed by atoms with Gasteiger partial charge in [0.05, 0.1) is 26.1 Å². The molecule has 1 aromatic rings. The van der Waals surface area contributed by atoms with Crippen molar-refractivity contribution < 1.29 is 27.5 Å². The summed E-state index contributed by atoms with van der Waals surface area (Å²) < 4.78 is 38.3. The number of piperidine rings is 1. The second-order valence-electron chi connectivity index (χ2n) is 6.75. The minimum Gasteiger partial charge on any atom is -0.464 e. The molecule has 2 aliphatic rings. The Kier molecular flexibility index (Phi) is 6.68. The van der Waals surface area contributed by atoms with Gasteiger partial charge in [0.25, 0.3) is 10.0 Å². The number of aromatic nitrogens is 2. The molecule has 10 nitrogen and oxygen atoms in total. The average Bonchev–Trinajstić information content (AvgIpc) is 3.18. The Labute approximate surface area is 164 Å². The second-order valence-corrected chi connectivity index (χ2v) is 8.64. The van der Waals surface area contributed by atoms with Gasteiger partial charge in [-0.25, -0.2) is 18.2 Å². The standard InChI is InChI=1S/C17H26N4O6S/c1-2-27-17(23)14-5-3-4-6-21(14)16(22)12-19-11-15(18-13-19)28(24,25)20-7-9-26-10-8-20/h11,13-14H,2-10,12H2,1H3. The molecule has 28 heavy (non-hydrogen) atoms. The van der Waals surface area contributed by atoms with Crippen molar-refractivity contribution in [3.8, 4) is 0 Å². The molecule has 156 valence electrons. The molecule has 3 heterocycles. The van der Waals surface area contributed by atoms with Crippen LogP contribution in [0.1, 0.15) is 26.2 Å². The van der Waals surface area contributed by atoms with Gasteiger partial charge in [0.2, 0.25) is 5.91 Å². The Morgan fingerprint density at radius 2 is 2.00 bits per heavy atom. The molecule has 2 aliphatic heterocycles. The molecule has 3 rings (SSSR count). The van der Waals surface area contributed by atoms with Gasteiger partial charge in [0, 0.05) is 25.8 Å². The molecule has 1 unspecified atom stereocenters. The van der Waals surface area contributed by atoms with Crippen LogP contribution in [0.4, 0.5) is 0 Å². The largest absolute Gasteiger partial charge is 0.464 e. The van der Waals surface area contributed by atoms with Crippen LogP contribution in [0.3, 0.4) is 0 Å². The lowest BCUT2D eigenvalue weighted by Crippen LogP contribution is -2.49. The Morgan fingerprint density at radius 3 is 2.71 bits per heavy atom. The Bertz CT molecular complexity index is 802. The third-order valence-corrected chi connectivity index (χ3v) is 6.67. The first kappa shape index (κ1) is 20.7. The topological polar surface area (TPSA) is 111 Å². The lowest BCUT2D eigenvalue weighted by atomic mass is 10.0. The number of hydrogen-bond acceptors (Lipinski definition) is 7. The number of sulfonamides is 1. The van der Waals surface area contributed by atoms with E-state index >= 15 is 0 Å². The number of imidazole rings is 1. The molecule has 1 atom stereocenters. The summed E-state index contributed by atoms with van der Waals surface area (Å²) in [5.41, 5.74) is 0. The third kappa shape index (κ3) is 4.53. The average molecular weight is 414 g/mol. The summed E-state index contributed by atoms with van der Waals surface area (Å²) in [4.78, 5) is 30.4. The number of hydrogen-bond donors (Lipinski definition) is 0. The first-order valence-electron chi connectivity index (χ1n) is 9.49. The summed E-state index contributed by atoms with van der Waals surface area (Å²) in [6.45, 7) is 3.66. The fraction of sp³-hybridized carbons (Fsp3) is 0.706. The van der Waals surface area contributed by atoms with Gasteiger partial charge in [0.15, 0.2) is 5.03 Å². The third-order valence-electron chi connectivity index (χ3n) is 4.88. The van der Waals surface area contributed by atoms with Crippen molar-refractivity contribution in [2.45, 2.75) is 43.8 Å². The number of rotatable bonds is 6. The fourth-order valence-corrected chi connectivity index (χ4v) is 4.78. The van der Waals surface area contributed by atoms with Crippen LogP contribution in [-0.4, -0.2) is 84.5 Å². The van der Waals surface area contributed by atoms with Crippen LogP contribution in [0.25, 0.3) is 0 Å². The molecule has 2 fully saturated rings. The molecule has 0 bridgehead atoms. The molecule has 0 N–H and O–H groups in total. The number of morpholine rings is 1. The second kappa shape index (κ2) is 9.01. The molecular formula is C17H26N4O6S. The predicted molar refractivity (Wildman–Crippen MR) is 97.8 cm³/mol. The molecule has 1 amide bonds. The van der Waals surface area contributed by atoms with E-state index in [0.29, 0.717) is 26.2 Å². The predicted octanol–water partition coefficient (Wildman–Crippen LogP) is -0.152. The highest BCUT2D eigenvalue weighted by Gasteiger charge is 2.33. The highest BCUT2D eigenvalue weighted by atomic mass is 32.2. The minimum absolute atomic E-state index is 0.0818. The van der Waals surface area contributed by atoms with Crippen LogP contribution in [0, 0.1) is 0 Å². The Hall–Kier alpha value is -1.98. The van der Waals surface area contributed by atoms with Gasteiger partial charge in [-0.1, -0.05) is 0 Å². The van der Waals surface area contributed by atoms with Crippen molar-refractivity contribution >= 4 is 21.9 Å². The summed E-state index contributed by atoms with van der Waals surface area (Å²) in [5, 5.41) is -0.0946. The van der Waals surface area contributed by atoms with E-state index in [1.54, 1.807) is 6.92 Å². The zero-order valence-corrected chi connectivity index (χ0v) is 16.8. The summed E-state index contributed by atoms with van der Waals surface area (Å²) in [6, 6.07) is -0.582. The highest BCUT2D eigenvalue weighted by molar-refractivity contribution is 7.89. The molecule has 0 radical (unpaired) electrons. The van der Waals surface area contributed by atoms with E-state index in [1.807, 2.05) is 0 Å². The van der Waals surface area contributed by atoms with E-state index in [4.69, 9.17) is 9.47 Å². The van der Waals surface area contributed by atoms with Crippen LogP contribution in [0.15, 0.2) is 17.6 Å². The monoisotopic (exact) mass is 414 g/mol. The maximum absolute atomic E-state index is 12.7. The molecule has 1 aromatic heterocycles. The molecule has 11 heteroatoms. The zero-order chi connectivity index (χ0) is 20.1. The number of amides is 1. The van der Waals surface area contributed by atoms with E-state index in [2.05, 4.69) is 4.98 Å². The molecule has 0 aliphatic carbocycles. The smallest absolute Gasteiger partial charge is 0.328 e. The van der Waals surface area contributed by atoms with Crippen LogP contribution < -0.4 is 0 Å². The molecule has 0 saturated carbocycles. The van der Waals surface area contributed by atoms with Crippen molar-refractivity contribution in [2.75, 3.05) is 39.5 Å². The summed E-state index contributed by atoms with van der Waals surface area (Å²) in [6.07, 6.45) is 4.94. The van der Waals surface area contributed by atoms with Crippen LogP contribution in [0.2, 0.25) is 0 Å². The maximum atomic E-state index is 12.7. The van der Waals surface area contributed by atoms with Gasteiger partial charge in [-0.05, 0) is 26.2 Å². The van der Waals surface area contributed by atoms with E-state index < -0.39 is 22.0 Å². The van der Waals surface area contributed by atoms with Gasteiger partial charge in [0.1, 0.15) is 12.6 Å². The van der Waals surface area contributed by atoms with E-state index in [0.717, 1.165) is 12.8 Å². The zero-order valence-electron chi connectivity index (χ0n) is 15.9. The molecular weight excluding hydrogens is 388 g/mol.